The number of nitrogens with one attached hydrogen (secondary N) is 2. The number of morpholine rings is 1. The van der Waals surface area contributed by atoms with Crippen molar-refractivity contribution in [3.05, 3.63) is 18.3 Å². The van der Waals surface area contributed by atoms with Crippen LogP contribution in [0.1, 0.15) is 19.8 Å². The van der Waals surface area contributed by atoms with Crippen LogP contribution >= 0.6 is 12.4 Å². The molecule has 23 heavy (non-hydrogen) atoms. The molecule has 0 unspecified atom stereocenters. The molecule has 3 rings (SSSR count). The number of anilines is 2. The van der Waals surface area contributed by atoms with Crippen LogP contribution in [0.5, 0.6) is 0 Å². The summed E-state index contributed by atoms with van der Waals surface area (Å²) in [5.41, 5.74) is 1.08. The van der Waals surface area contributed by atoms with Crippen LogP contribution in [0.25, 0.3) is 0 Å². The number of carbonyl (C=O) groups excluding carboxylic acids is 1. The molecule has 1 aromatic heterocycles. The van der Waals surface area contributed by atoms with Crippen LogP contribution < -0.4 is 15.5 Å². The quantitative estimate of drug-likeness (QED) is 0.876. The topological polar surface area (TPSA) is 66.5 Å². The Morgan fingerprint density at radius 3 is 2.83 bits per heavy atom. The van der Waals surface area contributed by atoms with Crippen LogP contribution in [0.3, 0.4) is 0 Å². The van der Waals surface area contributed by atoms with Gasteiger partial charge >= 0.3 is 0 Å². The number of piperidine rings is 1. The molecule has 2 fully saturated rings. The molecular formula is C16H25ClN4O2. The lowest BCUT2D eigenvalue weighted by Gasteiger charge is -2.28. The van der Waals surface area contributed by atoms with Crippen LogP contribution in [0.4, 0.5) is 11.5 Å². The van der Waals surface area contributed by atoms with Crippen molar-refractivity contribution in [2.24, 2.45) is 5.92 Å². The molecule has 0 saturated carbocycles. The van der Waals surface area contributed by atoms with Crippen molar-refractivity contribution in [2.75, 3.05) is 43.1 Å². The summed E-state index contributed by atoms with van der Waals surface area (Å²) in [6.07, 6.45) is 3.60. The fourth-order valence-electron chi connectivity index (χ4n) is 3.07. The Morgan fingerprint density at radius 1 is 1.39 bits per heavy atom. The summed E-state index contributed by atoms with van der Waals surface area (Å²) in [5.74, 6) is 0.796. The van der Waals surface area contributed by atoms with Crippen molar-refractivity contribution in [3.63, 3.8) is 0 Å². The van der Waals surface area contributed by atoms with E-state index in [1.54, 1.807) is 0 Å². The van der Waals surface area contributed by atoms with E-state index in [1.165, 1.54) is 0 Å². The molecule has 7 heteroatoms. The monoisotopic (exact) mass is 340 g/mol. The molecule has 0 radical (unpaired) electrons. The summed E-state index contributed by atoms with van der Waals surface area (Å²) in [6, 6.07) is 4.30. The third kappa shape index (κ3) is 4.80. The largest absolute Gasteiger partial charge is 0.378 e. The van der Waals surface area contributed by atoms with Crippen LogP contribution in [-0.2, 0) is 9.53 Å². The summed E-state index contributed by atoms with van der Waals surface area (Å²) in [7, 11) is 0. The summed E-state index contributed by atoms with van der Waals surface area (Å²) < 4.78 is 5.35. The Balaban J connectivity index is 0.00000192. The molecule has 2 N–H and O–H groups in total. The zero-order chi connectivity index (χ0) is 15.4. The normalized spacial score (nSPS) is 24.7. The minimum absolute atomic E-state index is 0. The summed E-state index contributed by atoms with van der Waals surface area (Å²) in [6.45, 7) is 6.32. The van der Waals surface area contributed by atoms with Gasteiger partial charge in [0.15, 0.2) is 0 Å². The summed E-state index contributed by atoms with van der Waals surface area (Å²) in [4.78, 5) is 18.9. The van der Waals surface area contributed by atoms with E-state index in [2.05, 4.69) is 27.4 Å². The Kier molecular flexibility index (Phi) is 6.62. The summed E-state index contributed by atoms with van der Waals surface area (Å²) >= 11 is 0. The van der Waals surface area contributed by atoms with E-state index >= 15 is 0 Å². The third-order valence-corrected chi connectivity index (χ3v) is 4.37. The number of hydrogen-bond acceptors (Lipinski definition) is 5. The van der Waals surface area contributed by atoms with E-state index in [9.17, 15) is 4.79 Å². The standard InChI is InChI=1S/C16H24N4O2.ClH/c1-12-10-13(4-5-17-12)16(21)19-15-3-2-14(11-18-15)20-6-8-22-9-7-20;/h2-3,11-13,17H,4-10H2,1H3,(H,18,19,21);1H/t12-,13-;/m0./s1. The molecule has 0 spiro atoms. The van der Waals surface area contributed by atoms with Gasteiger partial charge in [-0.2, -0.15) is 0 Å². The second-order valence-corrected chi connectivity index (χ2v) is 6.07. The lowest BCUT2D eigenvalue weighted by molar-refractivity contribution is -0.120. The Hall–Kier alpha value is -1.37. The van der Waals surface area contributed by atoms with Crippen LogP contribution in [-0.4, -0.2) is 49.8 Å². The first-order chi connectivity index (χ1) is 10.7. The van der Waals surface area contributed by atoms with Crippen molar-refractivity contribution < 1.29 is 9.53 Å². The fourth-order valence-corrected chi connectivity index (χ4v) is 3.07. The smallest absolute Gasteiger partial charge is 0.228 e. The second-order valence-electron chi connectivity index (χ2n) is 6.07. The number of ether oxygens (including phenoxy) is 1. The van der Waals surface area contributed by atoms with Crippen molar-refractivity contribution in [2.45, 2.75) is 25.8 Å². The number of rotatable bonds is 3. The molecular weight excluding hydrogens is 316 g/mol. The predicted molar refractivity (Wildman–Crippen MR) is 93.3 cm³/mol. The van der Waals surface area contributed by atoms with Crippen molar-refractivity contribution in [3.8, 4) is 0 Å². The highest BCUT2D eigenvalue weighted by Gasteiger charge is 2.24. The molecule has 6 nitrogen and oxygen atoms in total. The minimum Gasteiger partial charge on any atom is -0.378 e. The number of nitrogens with zero attached hydrogens (tertiary/aromatic N) is 2. The Labute approximate surface area is 143 Å². The first-order valence-corrected chi connectivity index (χ1v) is 8.05. The molecule has 2 saturated heterocycles. The van der Waals surface area contributed by atoms with Gasteiger partial charge in [-0.25, -0.2) is 4.98 Å². The molecule has 3 heterocycles. The van der Waals surface area contributed by atoms with Crippen molar-refractivity contribution in [1.82, 2.24) is 10.3 Å². The lowest BCUT2D eigenvalue weighted by atomic mass is 9.92. The number of halogens is 1. The molecule has 2 aliphatic heterocycles. The third-order valence-electron chi connectivity index (χ3n) is 4.37. The van der Waals surface area contributed by atoms with Gasteiger partial charge in [-0.3, -0.25) is 4.79 Å². The van der Waals surface area contributed by atoms with Crippen LogP contribution in [0.15, 0.2) is 18.3 Å². The van der Waals surface area contributed by atoms with Gasteiger partial charge in [0, 0.05) is 25.0 Å². The SMILES string of the molecule is C[C@H]1C[C@@H](C(=O)Nc2ccc(N3CCOCC3)cn2)CCN1.Cl. The average Bonchev–Trinajstić information content (AvgIpc) is 2.56. The van der Waals surface area contributed by atoms with E-state index in [-0.39, 0.29) is 24.2 Å². The highest BCUT2D eigenvalue weighted by molar-refractivity contribution is 5.91. The number of pyridine rings is 1. The first-order valence-electron chi connectivity index (χ1n) is 8.05. The molecule has 0 aliphatic carbocycles. The maximum atomic E-state index is 12.3. The van der Waals surface area contributed by atoms with Gasteiger partial charge in [0.25, 0.3) is 0 Å². The van der Waals surface area contributed by atoms with Crippen LogP contribution in [0.2, 0.25) is 0 Å². The van der Waals surface area contributed by atoms with Gasteiger partial charge in [0.1, 0.15) is 5.82 Å². The van der Waals surface area contributed by atoms with Crippen molar-refractivity contribution in [1.29, 1.82) is 0 Å². The molecule has 0 aromatic carbocycles. The van der Waals surface area contributed by atoms with Gasteiger partial charge in [0.05, 0.1) is 25.1 Å². The molecule has 2 atom stereocenters. The zero-order valence-electron chi connectivity index (χ0n) is 13.5. The van der Waals surface area contributed by atoms with Crippen LogP contribution in [0, 0.1) is 5.92 Å². The van der Waals surface area contributed by atoms with Gasteiger partial charge in [-0.1, -0.05) is 0 Å². The molecule has 0 bridgehead atoms. The number of hydrogen-bond donors (Lipinski definition) is 2. The summed E-state index contributed by atoms with van der Waals surface area (Å²) in [5, 5.41) is 6.30. The van der Waals surface area contributed by atoms with Gasteiger partial charge in [0.2, 0.25) is 5.91 Å². The fraction of sp³-hybridized carbons (Fsp3) is 0.625. The van der Waals surface area contributed by atoms with E-state index in [4.69, 9.17) is 4.74 Å². The maximum absolute atomic E-state index is 12.3. The molecule has 1 aromatic rings. The zero-order valence-corrected chi connectivity index (χ0v) is 14.3. The molecule has 1 amide bonds. The highest BCUT2D eigenvalue weighted by Crippen LogP contribution is 2.20. The molecule has 2 aliphatic rings. The first kappa shape index (κ1) is 18.0. The number of amides is 1. The van der Waals surface area contributed by atoms with Gasteiger partial charge in [-0.15, -0.1) is 12.4 Å². The minimum atomic E-state index is 0. The van der Waals surface area contributed by atoms with E-state index in [0.29, 0.717) is 11.9 Å². The van der Waals surface area contributed by atoms with E-state index in [0.717, 1.165) is 51.4 Å². The average molecular weight is 341 g/mol. The highest BCUT2D eigenvalue weighted by atomic mass is 35.5. The van der Waals surface area contributed by atoms with Crippen molar-refractivity contribution >= 4 is 29.8 Å². The second kappa shape index (κ2) is 8.47. The van der Waals surface area contributed by atoms with E-state index < -0.39 is 0 Å². The maximum Gasteiger partial charge on any atom is 0.228 e. The Bertz CT molecular complexity index is 505. The Morgan fingerprint density at radius 2 is 2.17 bits per heavy atom. The molecule has 128 valence electrons. The number of carbonyl (C=O) groups is 1. The number of aromatic nitrogens is 1. The van der Waals surface area contributed by atoms with Gasteiger partial charge < -0.3 is 20.3 Å². The van der Waals surface area contributed by atoms with Gasteiger partial charge in [-0.05, 0) is 38.4 Å². The predicted octanol–water partition coefficient (Wildman–Crippen LogP) is 1.67. The lowest BCUT2D eigenvalue weighted by Crippen LogP contribution is -2.40. The van der Waals surface area contributed by atoms with E-state index in [1.807, 2.05) is 18.3 Å².